The normalized spacial score (nSPS) is 23.0. The number of carbonyl (C=O) groups excluding carboxylic acids is 1. The number of fused-ring (bicyclic) bond motifs is 1. The Kier molecular flexibility index (Phi) is 4.67. The molecule has 0 N–H and O–H groups in total. The van der Waals surface area contributed by atoms with Crippen LogP contribution in [0.1, 0.15) is 40.6 Å². The third-order valence-electron chi connectivity index (χ3n) is 4.89. The molecule has 0 aromatic carbocycles. The van der Waals surface area contributed by atoms with Crippen molar-refractivity contribution in [3.8, 4) is 0 Å². The molecule has 6 nitrogen and oxygen atoms in total. The molecule has 2 aliphatic rings. The summed E-state index contributed by atoms with van der Waals surface area (Å²) in [4.78, 5) is 27.2. The number of aromatic nitrogens is 2. The molecule has 2 atom stereocenters. The van der Waals surface area contributed by atoms with Crippen LogP contribution in [0, 0.1) is 6.92 Å². The van der Waals surface area contributed by atoms with Crippen LogP contribution >= 0.6 is 11.3 Å². The molecule has 4 heterocycles. The van der Waals surface area contributed by atoms with E-state index >= 15 is 0 Å². The van der Waals surface area contributed by atoms with Crippen LogP contribution in [0.3, 0.4) is 0 Å². The number of nitrogens with zero attached hydrogens (tertiary/aromatic N) is 4. The molecule has 1 fully saturated rings. The highest BCUT2D eigenvalue weighted by Crippen LogP contribution is 2.30. The minimum Gasteiger partial charge on any atom is -0.372 e. The number of thiophene rings is 1. The summed E-state index contributed by atoms with van der Waals surface area (Å²) in [6, 6.07) is 3.81. The summed E-state index contributed by atoms with van der Waals surface area (Å²) < 4.78 is 5.87. The second-order valence-electron chi connectivity index (χ2n) is 7.14. The van der Waals surface area contributed by atoms with Crippen LogP contribution in [0.4, 0.5) is 5.82 Å². The van der Waals surface area contributed by atoms with Crippen molar-refractivity contribution < 1.29 is 9.53 Å². The Hall–Kier alpha value is -1.99. The zero-order valence-corrected chi connectivity index (χ0v) is 16.3. The lowest BCUT2D eigenvalue weighted by molar-refractivity contribution is -0.00560. The fourth-order valence-corrected chi connectivity index (χ4v) is 4.55. The van der Waals surface area contributed by atoms with E-state index < -0.39 is 0 Å². The van der Waals surface area contributed by atoms with Gasteiger partial charge < -0.3 is 14.5 Å². The number of hydrogen-bond acceptors (Lipinski definition) is 6. The zero-order chi connectivity index (χ0) is 18.3. The predicted molar refractivity (Wildman–Crippen MR) is 102 cm³/mol. The zero-order valence-electron chi connectivity index (χ0n) is 15.4. The maximum atomic E-state index is 12.8. The number of rotatable bonds is 2. The molecule has 26 heavy (non-hydrogen) atoms. The van der Waals surface area contributed by atoms with Gasteiger partial charge in [0.15, 0.2) is 0 Å². The molecule has 0 radical (unpaired) electrons. The Morgan fingerprint density at radius 1 is 1.27 bits per heavy atom. The Labute approximate surface area is 157 Å². The minimum absolute atomic E-state index is 0.0980. The Morgan fingerprint density at radius 3 is 2.73 bits per heavy atom. The second-order valence-corrected chi connectivity index (χ2v) is 8.08. The number of aryl methyl sites for hydroxylation is 1. The van der Waals surface area contributed by atoms with E-state index in [0.29, 0.717) is 13.1 Å². The first kappa shape index (κ1) is 17.4. The van der Waals surface area contributed by atoms with Crippen molar-refractivity contribution in [1.82, 2.24) is 14.9 Å². The molecule has 0 bridgehead atoms. The molecule has 2 aliphatic heterocycles. The van der Waals surface area contributed by atoms with E-state index in [1.165, 1.54) is 11.3 Å². The quantitative estimate of drug-likeness (QED) is 0.811. The number of hydrogen-bond donors (Lipinski definition) is 0. The standard InChI is InChI=1S/C19H24N4O2S/c1-12-9-23(10-13(2)25-12)18-15-11-22(19(24)17-5-4-8-26-17)7-6-16(15)20-14(3)21-18/h4-5,8,12-13H,6-7,9-11H2,1-3H3/t12-,13-/m1/s1. The van der Waals surface area contributed by atoms with Gasteiger partial charge in [0.25, 0.3) is 5.91 Å². The monoisotopic (exact) mass is 372 g/mol. The lowest BCUT2D eigenvalue weighted by atomic mass is 10.0. The van der Waals surface area contributed by atoms with Crippen molar-refractivity contribution in [3.63, 3.8) is 0 Å². The van der Waals surface area contributed by atoms with E-state index in [1.807, 2.05) is 29.3 Å². The number of anilines is 1. The van der Waals surface area contributed by atoms with Crippen LogP contribution in [0.15, 0.2) is 17.5 Å². The molecule has 2 aromatic heterocycles. The van der Waals surface area contributed by atoms with Gasteiger partial charge >= 0.3 is 0 Å². The van der Waals surface area contributed by atoms with Crippen LogP contribution in [-0.2, 0) is 17.7 Å². The van der Waals surface area contributed by atoms with E-state index in [4.69, 9.17) is 9.72 Å². The van der Waals surface area contributed by atoms with Gasteiger partial charge in [0.05, 0.1) is 29.3 Å². The predicted octanol–water partition coefficient (Wildman–Crippen LogP) is 2.66. The highest BCUT2D eigenvalue weighted by molar-refractivity contribution is 7.12. The summed E-state index contributed by atoms with van der Waals surface area (Å²) in [5.74, 6) is 1.86. The summed E-state index contributed by atoms with van der Waals surface area (Å²) in [5, 5.41) is 1.94. The molecule has 0 unspecified atom stereocenters. The summed E-state index contributed by atoms with van der Waals surface area (Å²) in [5.41, 5.74) is 2.17. The molecular weight excluding hydrogens is 348 g/mol. The third-order valence-corrected chi connectivity index (χ3v) is 5.75. The Balaban J connectivity index is 1.65. The van der Waals surface area contributed by atoms with Gasteiger partial charge in [-0.05, 0) is 32.2 Å². The van der Waals surface area contributed by atoms with E-state index in [-0.39, 0.29) is 18.1 Å². The maximum absolute atomic E-state index is 12.8. The number of morpholine rings is 1. The third kappa shape index (κ3) is 3.33. The number of carbonyl (C=O) groups is 1. The van der Waals surface area contributed by atoms with Crippen molar-refractivity contribution in [1.29, 1.82) is 0 Å². The summed E-state index contributed by atoms with van der Waals surface area (Å²) >= 11 is 1.49. The largest absolute Gasteiger partial charge is 0.372 e. The second kappa shape index (κ2) is 6.96. The van der Waals surface area contributed by atoms with Crippen molar-refractivity contribution in [2.24, 2.45) is 0 Å². The van der Waals surface area contributed by atoms with E-state index in [9.17, 15) is 4.79 Å². The first-order valence-electron chi connectivity index (χ1n) is 9.11. The van der Waals surface area contributed by atoms with E-state index in [2.05, 4.69) is 23.7 Å². The topological polar surface area (TPSA) is 58.6 Å². The van der Waals surface area contributed by atoms with Gasteiger partial charge in [-0.15, -0.1) is 11.3 Å². The maximum Gasteiger partial charge on any atom is 0.264 e. The van der Waals surface area contributed by atoms with Crippen LogP contribution in [0.5, 0.6) is 0 Å². The smallest absolute Gasteiger partial charge is 0.264 e. The molecule has 4 rings (SSSR count). The first-order chi connectivity index (χ1) is 12.5. The van der Waals surface area contributed by atoms with Crippen molar-refractivity contribution >= 4 is 23.1 Å². The van der Waals surface area contributed by atoms with Crippen LogP contribution in [0.2, 0.25) is 0 Å². The molecule has 0 spiro atoms. The van der Waals surface area contributed by atoms with Gasteiger partial charge in [0.1, 0.15) is 11.6 Å². The Morgan fingerprint density at radius 2 is 2.04 bits per heavy atom. The average molecular weight is 372 g/mol. The molecule has 7 heteroatoms. The van der Waals surface area contributed by atoms with Gasteiger partial charge in [-0.1, -0.05) is 6.07 Å². The lowest BCUT2D eigenvalue weighted by Gasteiger charge is -2.38. The number of ether oxygens (including phenoxy) is 1. The molecular formula is C19H24N4O2S. The van der Waals surface area contributed by atoms with Gasteiger partial charge in [0.2, 0.25) is 0 Å². The van der Waals surface area contributed by atoms with Crippen molar-refractivity contribution in [2.45, 2.75) is 45.9 Å². The van der Waals surface area contributed by atoms with Crippen LogP contribution in [-0.4, -0.2) is 52.6 Å². The molecule has 1 amide bonds. The van der Waals surface area contributed by atoms with E-state index in [0.717, 1.165) is 47.3 Å². The van der Waals surface area contributed by atoms with Crippen LogP contribution < -0.4 is 4.90 Å². The molecule has 0 saturated carbocycles. The molecule has 1 saturated heterocycles. The van der Waals surface area contributed by atoms with E-state index in [1.54, 1.807) is 0 Å². The van der Waals surface area contributed by atoms with Gasteiger partial charge in [0, 0.05) is 31.6 Å². The molecule has 138 valence electrons. The van der Waals surface area contributed by atoms with Crippen molar-refractivity contribution in [3.05, 3.63) is 39.5 Å². The summed E-state index contributed by atoms with van der Waals surface area (Å²) in [6.07, 6.45) is 1.10. The van der Waals surface area contributed by atoms with Crippen molar-refractivity contribution in [2.75, 3.05) is 24.5 Å². The average Bonchev–Trinajstić information content (AvgIpc) is 3.13. The first-order valence-corrected chi connectivity index (χ1v) is 9.99. The highest BCUT2D eigenvalue weighted by atomic mass is 32.1. The van der Waals surface area contributed by atoms with Crippen LogP contribution in [0.25, 0.3) is 0 Å². The fourth-order valence-electron chi connectivity index (χ4n) is 3.86. The SMILES string of the molecule is Cc1nc2c(c(N3C[C@@H](C)O[C@H](C)C3)n1)CN(C(=O)c1cccs1)CC2. The summed E-state index contributed by atoms with van der Waals surface area (Å²) in [6.45, 7) is 9.03. The minimum atomic E-state index is 0.0980. The van der Waals surface area contributed by atoms with Gasteiger partial charge in [-0.2, -0.15) is 0 Å². The fraction of sp³-hybridized carbons (Fsp3) is 0.526. The lowest BCUT2D eigenvalue weighted by Crippen LogP contribution is -2.47. The number of amides is 1. The molecule has 0 aliphatic carbocycles. The van der Waals surface area contributed by atoms with Gasteiger partial charge in [-0.25, -0.2) is 9.97 Å². The highest BCUT2D eigenvalue weighted by Gasteiger charge is 2.30. The van der Waals surface area contributed by atoms with Gasteiger partial charge in [-0.3, -0.25) is 4.79 Å². The summed E-state index contributed by atoms with van der Waals surface area (Å²) in [7, 11) is 0. The Bertz CT molecular complexity index is 798. The molecule has 2 aromatic rings.